The predicted molar refractivity (Wildman–Crippen MR) is 84.8 cm³/mol. The van der Waals surface area contributed by atoms with E-state index in [2.05, 4.69) is 4.98 Å². The number of carbonyl (C=O) groups is 1. The zero-order valence-electron chi connectivity index (χ0n) is 12.8. The molecular formula is C18H19FN2O2. The Hall–Kier alpha value is -2.43. The fourth-order valence-electron chi connectivity index (χ4n) is 2.81. The van der Waals surface area contributed by atoms with Crippen LogP contribution in [-0.2, 0) is 0 Å². The largest absolute Gasteiger partial charge is 0.493 e. The van der Waals surface area contributed by atoms with Crippen molar-refractivity contribution < 1.29 is 13.9 Å². The van der Waals surface area contributed by atoms with Crippen LogP contribution in [0.1, 0.15) is 23.2 Å². The number of amides is 1. The van der Waals surface area contributed by atoms with Crippen LogP contribution in [0.2, 0.25) is 0 Å². The summed E-state index contributed by atoms with van der Waals surface area (Å²) in [5.74, 6) is 0.912. The summed E-state index contributed by atoms with van der Waals surface area (Å²) in [7, 11) is 0. The van der Waals surface area contributed by atoms with E-state index in [9.17, 15) is 9.18 Å². The molecule has 0 radical (unpaired) electrons. The van der Waals surface area contributed by atoms with E-state index in [4.69, 9.17) is 4.74 Å². The molecule has 5 heteroatoms. The fourth-order valence-corrected chi connectivity index (χ4v) is 2.81. The number of hydrogen-bond acceptors (Lipinski definition) is 3. The zero-order chi connectivity index (χ0) is 16.1. The first-order valence-corrected chi connectivity index (χ1v) is 7.80. The van der Waals surface area contributed by atoms with Crippen LogP contribution >= 0.6 is 0 Å². The molecule has 1 aromatic carbocycles. The summed E-state index contributed by atoms with van der Waals surface area (Å²) in [5.41, 5.74) is 0.542. The summed E-state index contributed by atoms with van der Waals surface area (Å²) >= 11 is 0. The van der Waals surface area contributed by atoms with Crippen molar-refractivity contribution in [1.29, 1.82) is 0 Å². The van der Waals surface area contributed by atoms with Crippen LogP contribution in [0, 0.1) is 11.7 Å². The molecule has 23 heavy (non-hydrogen) atoms. The fraction of sp³-hybridized carbons (Fsp3) is 0.333. The molecule has 1 aliphatic heterocycles. The summed E-state index contributed by atoms with van der Waals surface area (Å²) < 4.78 is 18.6. The Bertz CT molecular complexity index is 646. The summed E-state index contributed by atoms with van der Waals surface area (Å²) in [6.45, 7) is 2.11. The maximum absolute atomic E-state index is 12.9. The van der Waals surface area contributed by atoms with E-state index in [1.807, 2.05) is 17.0 Å². The van der Waals surface area contributed by atoms with Gasteiger partial charge in [0.25, 0.3) is 5.91 Å². The molecule has 0 saturated carbocycles. The molecule has 1 aromatic heterocycles. The van der Waals surface area contributed by atoms with Crippen molar-refractivity contribution in [3.05, 3.63) is 60.2 Å². The van der Waals surface area contributed by atoms with Gasteiger partial charge in [0, 0.05) is 31.0 Å². The first kappa shape index (κ1) is 15.5. The number of likely N-dealkylation sites (tertiary alicyclic amines) is 1. The minimum Gasteiger partial charge on any atom is -0.493 e. The third kappa shape index (κ3) is 4.06. The highest BCUT2D eigenvalue weighted by atomic mass is 19.1. The summed E-state index contributed by atoms with van der Waals surface area (Å²) in [6.07, 6.45) is 5.30. The van der Waals surface area contributed by atoms with Crippen LogP contribution in [0.4, 0.5) is 4.39 Å². The second-order valence-electron chi connectivity index (χ2n) is 5.73. The Labute approximate surface area is 134 Å². The van der Waals surface area contributed by atoms with Crippen molar-refractivity contribution >= 4 is 5.91 Å². The monoisotopic (exact) mass is 314 g/mol. The lowest BCUT2D eigenvalue weighted by Crippen LogP contribution is -2.28. The molecule has 4 nitrogen and oxygen atoms in total. The normalized spacial score (nSPS) is 17.3. The Morgan fingerprint density at radius 3 is 2.70 bits per heavy atom. The number of rotatable bonds is 5. The van der Waals surface area contributed by atoms with Gasteiger partial charge in [0.1, 0.15) is 11.6 Å². The molecule has 0 bridgehead atoms. The molecular weight excluding hydrogens is 295 g/mol. The lowest BCUT2D eigenvalue weighted by molar-refractivity contribution is 0.0785. The van der Waals surface area contributed by atoms with Gasteiger partial charge in [-0.2, -0.15) is 0 Å². The number of ether oxygens (including phenoxy) is 1. The highest BCUT2D eigenvalue weighted by molar-refractivity contribution is 5.94. The molecule has 0 spiro atoms. The van der Waals surface area contributed by atoms with Crippen LogP contribution in [0.3, 0.4) is 0 Å². The highest BCUT2D eigenvalue weighted by Gasteiger charge is 2.26. The van der Waals surface area contributed by atoms with Gasteiger partial charge in [0.2, 0.25) is 0 Å². The topological polar surface area (TPSA) is 42.4 Å². The van der Waals surface area contributed by atoms with E-state index >= 15 is 0 Å². The van der Waals surface area contributed by atoms with Crippen molar-refractivity contribution in [3.63, 3.8) is 0 Å². The molecule has 2 heterocycles. The molecule has 120 valence electrons. The molecule has 1 fully saturated rings. The third-order valence-electron chi connectivity index (χ3n) is 4.11. The van der Waals surface area contributed by atoms with Gasteiger partial charge in [0.05, 0.1) is 6.61 Å². The van der Waals surface area contributed by atoms with Crippen LogP contribution in [0.25, 0.3) is 0 Å². The quantitative estimate of drug-likeness (QED) is 0.851. The minimum atomic E-state index is -0.325. The Balaban J connectivity index is 1.46. The smallest absolute Gasteiger partial charge is 0.253 e. The molecule has 1 amide bonds. The summed E-state index contributed by atoms with van der Waals surface area (Å²) in [4.78, 5) is 18.1. The van der Waals surface area contributed by atoms with Gasteiger partial charge in [-0.15, -0.1) is 0 Å². The molecule has 1 atom stereocenters. The van der Waals surface area contributed by atoms with Crippen LogP contribution in [0.15, 0.2) is 48.8 Å². The number of benzene rings is 1. The molecule has 1 unspecified atom stereocenters. The highest BCUT2D eigenvalue weighted by Crippen LogP contribution is 2.22. The molecule has 2 aromatic rings. The van der Waals surface area contributed by atoms with Crippen molar-refractivity contribution in [3.8, 4) is 5.75 Å². The summed E-state index contributed by atoms with van der Waals surface area (Å²) in [5, 5.41) is 0. The lowest BCUT2D eigenvalue weighted by Gasteiger charge is -2.16. The number of carbonyl (C=O) groups excluding carboxylic acids is 1. The number of nitrogens with zero attached hydrogens (tertiary/aromatic N) is 2. The lowest BCUT2D eigenvalue weighted by atomic mass is 10.1. The Morgan fingerprint density at radius 1 is 1.22 bits per heavy atom. The van der Waals surface area contributed by atoms with Gasteiger partial charge in [-0.1, -0.05) is 0 Å². The molecule has 0 N–H and O–H groups in total. The van der Waals surface area contributed by atoms with E-state index in [0.29, 0.717) is 18.1 Å². The van der Waals surface area contributed by atoms with Crippen molar-refractivity contribution in [2.24, 2.45) is 5.92 Å². The van der Waals surface area contributed by atoms with Crippen LogP contribution in [0.5, 0.6) is 5.75 Å². The SMILES string of the molecule is O=C(c1ccc(F)cc1)N1CCC(CCOc2ccncc2)C1. The maximum Gasteiger partial charge on any atom is 0.253 e. The molecule has 0 aliphatic carbocycles. The number of aromatic nitrogens is 1. The molecule has 1 saturated heterocycles. The second kappa shape index (κ2) is 7.22. The predicted octanol–water partition coefficient (Wildman–Crippen LogP) is 3.15. The van der Waals surface area contributed by atoms with Gasteiger partial charge in [-0.3, -0.25) is 9.78 Å². The van der Waals surface area contributed by atoms with Crippen LogP contribution < -0.4 is 4.74 Å². The second-order valence-corrected chi connectivity index (χ2v) is 5.73. The zero-order valence-corrected chi connectivity index (χ0v) is 12.8. The van der Waals surface area contributed by atoms with E-state index in [-0.39, 0.29) is 11.7 Å². The van der Waals surface area contributed by atoms with Gasteiger partial charge in [-0.25, -0.2) is 4.39 Å². The average molecular weight is 314 g/mol. The number of hydrogen-bond donors (Lipinski definition) is 0. The minimum absolute atomic E-state index is 0.0254. The first-order chi connectivity index (χ1) is 11.2. The van der Waals surface area contributed by atoms with Gasteiger partial charge in [0.15, 0.2) is 0 Å². The van der Waals surface area contributed by atoms with E-state index in [1.54, 1.807) is 12.4 Å². The van der Waals surface area contributed by atoms with Crippen molar-refractivity contribution in [1.82, 2.24) is 9.88 Å². The standard InChI is InChI=1S/C18H19FN2O2/c19-16-3-1-15(2-4-16)18(22)21-11-7-14(13-21)8-12-23-17-5-9-20-10-6-17/h1-6,9-10,14H,7-8,11-13H2. The van der Waals surface area contributed by atoms with Gasteiger partial charge < -0.3 is 9.64 Å². The Kier molecular flexibility index (Phi) is 4.86. The Morgan fingerprint density at radius 2 is 1.96 bits per heavy atom. The third-order valence-corrected chi connectivity index (χ3v) is 4.11. The molecule has 3 rings (SSSR count). The molecule has 1 aliphatic rings. The summed E-state index contributed by atoms with van der Waals surface area (Å²) in [6, 6.07) is 9.39. The van der Waals surface area contributed by atoms with E-state index < -0.39 is 0 Å². The van der Waals surface area contributed by atoms with Crippen molar-refractivity contribution in [2.75, 3.05) is 19.7 Å². The first-order valence-electron chi connectivity index (χ1n) is 7.80. The van der Waals surface area contributed by atoms with Gasteiger partial charge in [-0.05, 0) is 55.2 Å². The maximum atomic E-state index is 12.9. The van der Waals surface area contributed by atoms with E-state index in [1.165, 1.54) is 24.3 Å². The van der Waals surface area contributed by atoms with Gasteiger partial charge >= 0.3 is 0 Å². The van der Waals surface area contributed by atoms with E-state index in [0.717, 1.165) is 31.7 Å². The number of halogens is 1. The number of pyridine rings is 1. The average Bonchev–Trinajstić information content (AvgIpc) is 3.05. The van der Waals surface area contributed by atoms with Crippen molar-refractivity contribution in [2.45, 2.75) is 12.8 Å². The van der Waals surface area contributed by atoms with Crippen LogP contribution in [-0.4, -0.2) is 35.5 Å².